The van der Waals surface area contributed by atoms with E-state index in [1.165, 1.54) is 0 Å². The predicted octanol–water partition coefficient (Wildman–Crippen LogP) is -0.142. The van der Waals surface area contributed by atoms with Crippen LogP contribution in [-0.2, 0) is 14.2 Å². The summed E-state index contributed by atoms with van der Waals surface area (Å²) in [4.78, 5) is 0. The third-order valence-electron chi connectivity index (χ3n) is 2.35. The van der Waals surface area contributed by atoms with E-state index >= 15 is 0 Å². The molecule has 0 amide bonds. The highest BCUT2D eigenvalue weighted by atomic mass is 16.8. The van der Waals surface area contributed by atoms with Gasteiger partial charge in [0.05, 0.1) is 12.2 Å². The van der Waals surface area contributed by atoms with Gasteiger partial charge in [-0.2, -0.15) is 0 Å². The molecule has 0 saturated carbocycles. The van der Waals surface area contributed by atoms with Crippen LogP contribution in [0.15, 0.2) is 0 Å². The van der Waals surface area contributed by atoms with Crippen molar-refractivity contribution >= 4 is 0 Å². The van der Waals surface area contributed by atoms with E-state index in [-0.39, 0.29) is 25.3 Å². The van der Waals surface area contributed by atoms with Crippen molar-refractivity contribution in [1.29, 1.82) is 0 Å². The normalized spacial score (nSPS) is 39.8. The molecular weight excluding hydrogens is 172 g/mol. The van der Waals surface area contributed by atoms with Crippen LogP contribution in [0.1, 0.15) is 12.8 Å². The molecule has 2 saturated heterocycles. The summed E-state index contributed by atoms with van der Waals surface area (Å²) in [6, 6.07) is 0. The zero-order chi connectivity index (χ0) is 9.26. The summed E-state index contributed by atoms with van der Waals surface area (Å²) in [6.07, 6.45) is 4.86. The first-order valence-corrected chi connectivity index (χ1v) is 4.31. The predicted molar refractivity (Wildman–Crippen MR) is 43.6 cm³/mol. The van der Waals surface area contributed by atoms with Crippen molar-refractivity contribution in [2.24, 2.45) is 0 Å². The van der Waals surface area contributed by atoms with Gasteiger partial charge in [0.15, 0.2) is 13.1 Å². The van der Waals surface area contributed by atoms with Gasteiger partial charge in [-0.25, -0.2) is 0 Å². The molecule has 0 aliphatic carbocycles. The second-order valence-corrected chi connectivity index (χ2v) is 3.24. The first kappa shape index (κ1) is 8.97. The van der Waals surface area contributed by atoms with Crippen molar-refractivity contribution < 1.29 is 19.3 Å². The summed E-state index contributed by atoms with van der Waals surface area (Å²) in [7, 11) is 0. The molecule has 0 aromatic heterocycles. The molecule has 0 bridgehead atoms. The Hall–Kier alpha value is -0.600. The van der Waals surface area contributed by atoms with E-state index in [1.807, 2.05) is 0 Å². The molecule has 0 unspecified atom stereocenters. The van der Waals surface area contributed by atoms with Gasteiger partial charge in [-0.05, 0) is 0 Å². The number of hydrogen-bond donors (Lipinski definition) is 1. The van der Waals surface area contributed by atoms with Crippen LogP contribution in [0, 0.1) is 12.3 Å². The first-order valence-electron chi connectivity index (χ1n) is 4.31. The number of fused-ring (bicyclic) bond motifs is 1. The zero-order valence-corrected chi connectivity index (χ0v) is 7.18. The fourth-order valence-corrected chi connectivity index (χ4v) is 1.64. The van der Waals surface area contributed by atoms with E-state index in [2.05, 4.69) is 5.92 Å². The van der Waals surface area contributed by atoms with Gasteiger partial charge < -0.3 is 19.3 Å². The Balaban J connectivity index is 1.88. The molecule has 2 aliphatic rings. The van der Waals surface area contributed by atoms with Crippen LogP contribution in [0.4, 0.5) is 0 Å². The van der Waals surface area contributed by atoms with Crippen LogP contribution in [0.25, 0.3) is 0 Å². The average molecular weight is 184 g/mol. The van der Waals surface area contributed by atoms with Gasteiger partial charge in [0.1, 0.15) is 6.10 Å². The SMILES string of the molecule is C#CC[C@H](O)[C@@H]1C[C@H]2OCO[C@H]2O1. The number of hydrogen-bond acceptors (Lipinski definition) is 4. The third-order valence-corrected chi connectivity index (χ3v) is 2.35. The van der Waals surface area contributed by atoms with Crippen molar-refractivity contribution in [3.63, 3.8) is 0 Å². The van der Waals surface area contributed by atoms with Crippen molar-refractivity contribution in [3.8, 4) is 12.3 Å². The van der Waals surface area contributed by atoms with E-state index in [0.717, 1.165) is 0 Å². The average Bonchev–Trinajstić information content (AvgIpc) is 2.61. The topological polar surface area (TPSA) is 47.9 Å². The molecule has 2 aliphatic heterocycles. The number of rotatable bonds is 2. The maximum absolute atomic E-state index is 9.53. The molecule has 0 aromatic rings. The van der Waals surface area contributed by atoms with E-state index < -0.39 is 6.10 Å². The minimum atomic E-state index is -0.609. The van der Waals surface area contributed by atoms with Crippen LogP contribution in [0.5, 0.6) is 0 Å². The van der Waals surface area contributed by atoms with Gasteiger partial charge in [0.25, 0.3) is 0 Å². The Labute approximate surface area is 76.8 Å². The Bertz CT molecular complexity index is 210. The third kappa shape index (κ3) is 1.69. The fraction of sp³-hybridized carbons (Fsp3) is 0.778. The second-order valence-electron chi connectivity index (χ2n) is 3.24. The Morgan fingerprint density at radius 1 is 1.54 bits per heavy atom. The lowest BCUT2D eigenvalue weighted by molar-refractivity contribution is -0.139. The molecule has 2 fully saturated rings. The monoisotopic (exact) mass is 184 g/mol. The summed E-state index contributed by atoms with van der Waals surface area (Å²) in [6.45, 7) is 0.285. The number of terminal acetylenes is 1. The van der Waals surface area contributed by atoms with Crippen molar-refractivity contribution in [3.05, 3.63) is 0 Å². The molecule has 2 heterocycles. The van der Waals surface area contributed by atoms with E-state index in [4.69, 9.17) is 20.6 Å². The molecule has 4 atom stereocenters. The van der Waals surface area contributed by atoms with Crippen LogP contribution < -0.4 is 0 Å². The van der Waals surface area contributed by atoms with Gasteiger partial charge in [-0.3, -0.25) is 0 Å². The number of ether oxygens (including phenoxy) is 3. The van der Waals surface area contributed by atoms with E-state index in [1.54, 1.807) is 0 Å². The number of aliphatic hydroxyl groups excluding tert-OH is 1. The minimum Gasteiger partial charge on any atom is -0.389 e. The quantitative estimate of drug-likeness (QED) is 0.607. The molecule has 4 nitrogen and oxygen atoms in total. The van der Waals surface area contributed by atoms with Crippen LogP contribution in [-0.4, -0.2) is 36.5 Å². The lowest BCUT2D eigenvalue weighted by atomic mass is 10.1. The molecule has 2 rings (SSSR count). The fourth-order valence-electron chi connectivity index (χ4n) is 1.64. The summed E-state index contributed by atoms with van der Waals surface area (Å²) >= 11 is 0. The first-order chi connectivity index (χ1) is 6.31. The van der Waals surface area contributed by atoms with E-state index in [9.17, 15) is 5.11 Å². The molecule has 72 valence electrons. The minimum absolute atomic E-state index is 0.0302. The largest absolute Gasteiger partial charge is 0.389 e. The summed E-state index contributed by atoms with van der Waals surface area (Å²) in [5.74, 6) is 2.40. The molecule has 1 N–H and O–H groups in total. The number of aliphatic hydroxyl groups is 1. The summed E-state index contributed by atoms with van der Waals surface area (Å²) in [5.41, 5.74) is 0. The highest BCUT2D eigenvalue weighted by Gasteiger charge is 2.43. The van der Waals surface area contributed by atoms with Gasteiger partial charge in [0, 0.05) is 12.8 Å². The van der Waals surface area contributed by atoms with Crippen LogP contribution in [0.3, 0.4) is 0 Å². The molecule has 0 radical (unpaired) electrons. The standard InChI is InChI=1S/C9H12O4/c1-2-3-6(10)7-4-8-9(13-7)12-5-11-8/h1,6-10H,3-5H2/t6-,7-,8+,9-/m0/s1. The lowest BCUT2D eigenvalue weighted by Crippen LogP contribution is -2.26. The van der Waals surface area contributed by atoms with Gasteiger partial charge in [0.2, 0.25) is 0 Å². The highest BCUT2D eigenvalue weighted by molar-refractivity contribution is 4.93. The lowest BCUT2D eigenvalue weighted by Gasteiger charge is -2.16. The maximum Gasteiger partial charge on any atom is 0.187 e. The van der Waals surface area contributed by atoms with Gasteiger partial charge in [-0.15, -0.1) is 12.3 Å². The highest BCUT2D eigenvalue weighted by Crippen LogP contribution is 2.30. The molecule has 4 heteroatoms. The van der Waals surface area contributed by atoms with Crippen LogP contribution >= 0.6 is 0 Å². The Kier molecular flexibility index (Phi) is 2.51. The second kappa shape index (κ2) is 3.64. The van der Waals surface area contributed by atoms with Crippen molar-refractivity contribution in [2.45, 2.75) is 37.4 Å². The molecule has 0 aromatic carbocycles. The Morgan fingerprint density at radius 3 is 3.08 bits per heavy atom. The smallest absolute Gasteiger partial charge is 0.187 e. The molecular formula is C9H12O4. The zero-order valence-electron chi connectivity index (χ0n) is 7.18. The van der Waals surface area contributed by atoms with Gasteiger partial charge >= 0.3 is 0 Å². The van der Waals surface area contributed by atoms with Crippen molar-refractivity contribution in [2.75, 3.05) is 6.79 Å². The van der Waals surface area contributed by atoms with E-state index in [0.29, 0.717) is 12.8 Å². The van der Waals surface area contributed by atoms with Crippen LogP contribution in [0.2, 0.25) is 0 Å². The summed E-state index contributed by atoms with van der Waals surface area (Å²) < 4.78 is 15.8. The maximum atomic E-state index is 9.53. The van der Waals surface area contributed by atoms with Gasteiger partial charge in [-0.1, -0.05) is 0 Å². The summed E-state index contributed by atoms with van der Waals surface area (Å²) in [5, 5.41) is 9.53. The molecule has 13 heavy (non-hydrogen) atoms. The van der Waals surface area contributed by atoms with Crippen molar-refractivity contribution in [1.82, 2.24) is 0 Å². The Morgan fingerprint density at radius 2 is 2.38 bits per heavy atom. The molecule has 0 spiro atoms.